The molecule has 10 heteroatoms. The van der Waals surface area contributed by atoms with Gasteiger partial charge in [0.1, 0.15) is 12.4 Å². The minimum Gasteiger partial charge on any atom is -0.445 e. The number of benzene rings is 2. The zero-order valence-corrected chi connectivity index (χ0v) is 19.4. The van der Waals surface area contributed by atoms with Crippen LogP contribution in [0.3, 0.4) is 0 Å². The lowest BCUT2D eigenvalue weighted by Crippen LogP contribution is -2.58. The second-order valence-electron chi connectivity index (χ2n) is 8.91. The summed E-state index contributed by atoms with van der Waals surface area (Å²) < 4.78 is 60.5. The van der Waals surface area contributed by atoms with Crippen molar-refractivity contribution in [2.75, 3.05) is 13.1 Å². The van der Waals surface area contributed by atoms with Gasteiger partial charge in [0.2, 0.25) is 5.60 Å². The molecule has 1 fully saturated rings. The van der Waals surface area contributed by atoms with E-state index >= 15 is 0 Å². The molecule has 1 amide bonds. The maximum absolute atomic E-state index is 13.9. The number of amides is 1. The first-order chi connectivity index (χ1) is 17.0. The van der Waals surface area contributed by atoms with E-state index in [1.54, 1.807) is 19.1 Å². The van der Waals surface area contributed by atoms with E-state index in [0.29, 0.717) is 24.1 Å². The molecule has 190 valence electrons. The summed E-state index contributed by atoms with van der Waals surface area (Å²) >= 11 is 0. The highest BCUT2D eigenvalue weighted by molar-refractivity contribution is 5.71. The third-order valence-electron chi connectivity index (χ3n) is 6.62. The van der Waals surface area contributed by atoms with E-state index in [4.69, 9.17) is 10.5 Å². The highest BCUT2D eigenvalue weighted by atomic mass is 19.4. The second-order valence-corrected chi connectivity index (χ2v) is 8.91. The van der Waals surface area contributed by atoms with Gasteiger partial charge in [0.15, 0.2) is 0 Å². The summed E-state index contributed by atoms with van der Waals surface area (Å²) in [5, 5.41) is 10.5. The average Bonchev–Trinajstić information content (AvgIpc) is 2.86. The van der Waals surface area contributed by atoms with Crippen LogP contribution in [0, 0.1) is 5.82 Å². The van der Waals surface area contributed by atoms with Gasteiger partial charge in [-0.1, -0.05) is 30.3 Å². The molecule has 3 N–H and O–H groups in total. The Balaban J connectivity index is 1.73. The Hall–Kier alpha value is -3.50. The third-order valence-corrected chi connectivity index (χ3v) is 6.62. The average molecular weight is 503 g/mol. The maximum atomic E-state index is 13.9. The van der Waals surface area contributed by atoms with Gasteiger partial charge >= 0.3 is 12.3 Å². The number of likely N-dealkylation sites (tertiary alicyclic amines) is 1. The van der Waals surface area contributed by atoms with Crippen molar-refractivity contribution in [3.05, 3.63) is 89.4 Å². The largest absolute Gasteiger partial charge is 0.445 e. The van der Waals surface area contributed by atoms with Crippen LogP contribution >= 0.6 is 0 Å². The summed E-state index contributed by atoms with van der Waals surface area (Å²) in [6, 6.07) is 16.8. The molecule has 1 unspecified atom stereocenters. The molecule has 0 spiro atoms. The number of pyridine rings is 1. The van der Waals surface area contributed by atoms with Gasteiger partial charge in [-0.25, -0.2) is 14.2 Å². The van der Waals surface area contributed by atoms with Gasteiger partial charge in [0.25, 0.3) is 0 Å². The Morgan fingerprint density at radius 2 is 1.81 bits per heavy atom. The van der Waals surface area contributed by atoms with Crippen molar-refractivity contribution in [1.29, 1.82) is 0 Å². The highest BCUT2D eigenvalue weighted by Crippen LogP contribution is 2.44. The molecule has 36 heavy (non-hydrogen) atoms. The summed E-state index contributed by atoms with van der Waals surface area (Å²) in [4.78, 5) is 18.3. The lowest BCUT2D eigenvalue weighted by molar-refractivity contribution is -0.263. The topological polar surface area (TPSA) is 88.7 Å². The molecule has 3 aromatic rings. The molecule has 0 aliphatic carbocycles. The number of aliphatic hydroxyl groups is 1. The third kappa shape index (κ3) is 4.66. The van der Waals surface area contributed by atoms with E-state index in [0.717, 1.165) is 23.8 Å². The normalized spacial score (nSPS) is 19.4. The second kappa shape index (κ2) is 9.51. The highest BCUT2D eigenvalue weighted by Gasteiger charge is 2.56. The molecule has 0 saturated carbocycles. The van der Waals surface area contributed by atoms with Crippen molar-refractivity contribution in [3.8, 4) is 11.3 Å². The summed E-state index contributed by atoms with van der Waals surface area (Å²) in [6.07, 6.45) is -5.30. The first-order valence-corrected chi connectivity index (χ1v) is 11.2. The molecule has 2 atom stereocenters. The molecule has 1 aromatic heterocycles. The van der Waals surface area contributed by atoms with Crippen molar-refractivity contribution in [2.24, 2.45) is 5.73 Å². The monoisotopic (exact) mass is 503 g/mol. The van der Waals surface area contributed by atoms with E-state index in [-0.39, 0.29) is 12.3 Å². The van der Waals surface area contributed by atoms with Gasteiger partial charge in [0.05, 0.1) is 16.9 Å². The van der Waals surface area contributed by atoms with Gasteiger partial charge in [0, 0.05) is 18.7 Å². The summed E-state index contributed by atoms with van der Waals surface area (Å²) in [5.74, 6) is -0.526. The lowest BCUT2D eigenvalue weighted by Gasteiger charge is -2.50. The fraction of sp³-hybridized carbons (Fsp3) is 0.308. The molecule has 0 bridgehead atoms. The van der Waals surface area contributed by atoms with E-state index in [2.05, 4.69) is 4.98 Å². The number of nitrogens with zero attached hydrogens (tertiary/aromatic N) is 2. The SMILES string of the molecule is C[C@@]1(c2cc(-c3ccc(F)cc3)nc(C(O)(CN)C(F)(F)F)c2)CCN1C(=O)OCc1ccccc1. The molecule has 2 heterocycles. The fourth-order valence-corrected chi connectivity index (χ4v) is 4.14. The number of carbonyl (C=O) groups is 1. The van der Waals surface area contributed by atoms with Crippen LogP contribution < -0.4 is 5.73 Å². The van der Waals surface area contributed by atoms with Crippen LogP contribution in [0.25, 0.3) is 11.3 Å². The molecule has 1 saturated heterocycles. The molecular formula is C26H25F4N3O3. The standard InChI is InChI=1S/C26H25F4N3O3/c1-24(11-12-33(24)23(34)36-15-17-5-3-2-4-6-17)19-13-21(18-7-9-20(27)10-8-18)32-22(14-19)25(35,16-31)26(28,29)30/h2-10,13-14,35H,11-12,15-16,31H2,1H3/t24-,25?/m0/s1. The molecule has 4 rings (SSSR count). The van der Waals surface area contributed by atoms with E-state index < -0.39 is 41.5 Å². The lowest BCUT2D eigenvalue weighted by atomic mass is 9.79. The Morgan fingerprint density at radius 3 is 2.36 bits per heavy atom. The Kier molecular flexibility index (Phi) is 6.76. The summed E-state index contributed by atoms with van der Waals surface area (Å²) in [6.45, 7) is 0.905. The van der Waals surface area contributed by atoms with Gasteiger partial charge in [-0.3, -0.25) is 4.90 Å². The van der Waals surface area contributed by atoms with Gasteiger partial charge in [-0.2, -0.15) is 13.2 Å². The Bertz CT molecular complexity index is 1240. The predicted molar refractivity (Wildman–Crippen MR) is 124 cm³/mol. The van der Waals surface area contributed by atoms with Crippen molar-refractivity contribution in [2.45, 2.75) is 37.3 Å². The zero-order valence-electron chi connectivity index (χ0n) is 19.4. The number of aromatic nitrogens is 1. The summed E-state index contributed by atoms with van der Waals surface area (Å²) in [7, 11) is 0. The first kappa shape index (κ1) is 25.6. The maximum Gasteiger partial charge on any atom is 0.424 e. The molecule has 2 aromatic carbocycles. The van der Waals surface area contributed by atoms with Crippen LogP contribution in [0.5, 0.6) is 0 Å². The van der Waals surface area contributed by atoms with Crippen LogP contribution in [0.15, 0.2) is 66.7 Å². The number of hydrogen-bond donors (Lipinski definition) is 2. The number of ether oxygens (including phenoxy) is 1. The van der Waals surface area contributed by atoms with Crippen molar-refractivity contribution in [1.82, 2.24) is 9.88 Å². The first-order valence-electron chi connectivity index (χ1n) is 11.2. The van der Waals surface area contributed by atoms with E-state index in [1.165, 1.54) is 23.1 Å². The van der Waals surface area contributed by atoms with Crippen LogP contribution in [-0.2, 0) is 22.5 Å². The fourth-order valence-electron chi connectivity index (χ4n) is 4.14. The quantitative estimate of drug-likeness (QED) is 0.470. The van der Waals surface area contributed by atoms with Gasteiger partial charge < -0.3 is 15.6 Å². The number of halogens is 4. The van der Waals surface area contributed by atoms with E-state index in [1.807, 2.05) is 18.2 Å². The van der Waals surface area contributed by atoms with Crippen molar-refractivity contribution in [3.63, 3.8) is 0 Å². The number of carbonyl (C=O) groups excluding carboxylic acids is 1. The molecule has 0 radical (unpaired) electrons. The van der Waals surface area contributed by atoms with Crippen molar-refractivity contribution >= 4 is 6.09 Å². The van der Waals surface area contributed by atoms with Crippen LogP contribution in [-0.4, -0.2) is 40.3 Å². The minimum atomic E-state index is -5.11. The van der Waals surface area contributed by atoms with Crippen LogP contribution in [0.2, 0.25) is 0 Å². The number of alkyl halides is 3. The van der Waals surface area contributed by atoms with E-state index in [9.17, 15) is 27.5 Å². The number of nitrogens with two attached hydrogens (primary N) is 1. The molecule has 1 aliphatic heterocycles. The zero-order chi connectivity index (χ0) is 26.1. The smallest absolute Gasteiger partial charge is 0.424 e. The van der Waals surface area contributed by atoms with Crippen LogP contribution in [0.1, 0.15) is 30.2 Å². The molecule has 6 nitrogen and oxygen atoms in total. The van der Waals surface area contributed by atoms with Crippen LogP contribution in [0.4, 0.5) is 22.4 Å². The van der Waals surface area contributed by atoms with Gasteiger partial charge in [-0.15, -0.1) is 0 Å². The Labute approximate surface area is 205 Å². The molecular weight excluding hydrogens is 478 g/mol. The number of hydrogen-bond acceptors (Lipinski definition) is 5. The predicted octanol–water partition coefficient (Wildman–Crippen LogP) is 4.85. The number of rotatable bonds is 6. The van der Waals surface area contributed by atoms with Crippen molar-refractivity contribution < 1.29 is 32.2 Å². The summed E-state index contributed by atoms with van der Waals surface area (Å²) in [5.41, 5.74) is 1.72. The molecule has 1 aliphatic rings. The van der Waals surface area contributed by atoms with Gasteiger partial charge in [-0.05, 0) is 60.9 Å². The Morgan fingerprint density at radius 1 is 1.14 bits per heavy atom. The minimum absolute atomic E-state index is 0.0374.